The Bertz CT molecular complexity index is 2340. The molecule has 1 spiro atoms. The van der Waals surface area contributed by atoms with Gasteiger partial charge in [0.2, 0.25) is 11.8 Å². The molecule has 1 saturated heterocycles. The van der Waals surface area contributed by atoms with E-state index < -0.39 is 28.0 Å². The molecule has 8 rings (SSSR count). The van der Waals surface area contributed by atoms with Crippen molar-refractivity contribution in [2.75, 3.05) is 13.1 Å². The topological polar surface area (TPSA) is 140 Å². The second kappa shape index (κ2) is 14.0. The molecule has 3 aromatic carbocycles. The summed E-state index contributed by atoms with van der Waals surface area (Å²) in [5.41, 5.74) is 0.991. The minimum atomic E-state index is -4.03. The molecule has 1 saturated carbocycles. The van der Waals surface area contributed by atoms with E-state index in [-0.39, 0.29) is 28.7 Å². The predicted octanol–water partition coefficient (Wildman–Crippen LogP) is 6.69. The van der Waals surface area contributed by atoms with E-state index in [1.165, 1.54) is 22.3 Å². The van der Waals surface area contributed by atoms with Crippen LogP contribution in [0.15, 0.2) is 112 Å². The number of fused-ring (bicyclic) bond motifs is 3. The fourth-order valence-electron chi connectivity index (χ4n) is 7.95. The molecule has 272 valence electrons. The zero-order valence-corrected chi connectivity index (χ0v) is 30.8. The summed E-state index contributed by atoms with van der Waals surface area (Å²) < 4.78 is 35.3. The SMILES string of the molecule is C[C@@H](NC(=O)C1CC2(CCCCC2)CN1C(=O)CNC(=O)c1ccc2c(c1)Oc1ccccc1S2)c1cc2cnccc2n1S(=O)(=O)c1ccccc1. The lowest BCUT2D eigenvalue weighted by atomic mass is 9.72. The molecule has 2 fully saturated rings. The van der Waals surface area contributed by atoms with Crippen molar-refractivity contribution in [1.82, 2.24) is 24.5 Å². The quantitative estimate of drug-likeness (QED) is 0.176. The highest BCUT2D eigenvalue weighted by atomic mass is 32.2. The van der Waals surface area contributed by atoms with Crippen LogP contribution in [-0.4, -0.2) is 59.1 Å². The number of nitrogens with one attached hydrogen (secondary N) is 2. The highest BCUT2D eigenvalue weighted by Crippen LogP contribution is 2.48. The molecular formula is C40H39N5O6S2. The molecule has 2 N–H and O–H groups in total. The van der Waals surface area contributed by atoms with Crippen LogP contribution in [0.5, 0.6) is 11.5 Å². The second-order valence-electron chi connectivity index (χ2n) is 14.1. The Morgan fingerprint density at radius 3 is 2.51 bits per heavy atom. The first-order valence-electron chi connectivity index (χ1n) is 17.8. The number of likely N-dealkylation sites (tertiary alicyclic amines) is 1. The summed E-state index contributed by atoms with van der Waals surface area (Å²) in [6.45, 7) is 1.89. The van der Waals surface area contributed by atoms with Gasteiger partial charge in [-0.3, -0.25) is 19.4 Å². The highest BCUT2D eigenvalue weighted by Gasteiger charge is 2.49. The third kappa shape index (κ3) is 6.67. The number of nitrogens with zero attached hydrogens (tertiary/aromatic N) is 3. The highest BCUT2D eigenvalue weighted by molar-refractivity contribution is 7.99. The van der Waals surface area contributed by atoms with Crippen molar-refractivity contribution < 1.29 is 27.5 Å². The number of aromatic nitrogens is 2. The lowest BCUT2D eigenvalue weighted by Gasteiger charge is -2.33. The van der Waals surface area contributed by atoms with E-state index in [4.69, 9.17) is 4.74 Å². The number of rotatable bonds is 8. The standard InChI is InChI=1S/C40H39N5O6S2/c1-26(31-20-28-23-41-19-16-30(28)45(31)53(49,50)29-10-4-2-5-11-29)43-39(48)32-22-40(17-8-3-9-18-40)25-44(32)37(46)24-42-38(47)27-14-15-36-34(21-27)51-33-12-6-7-13-35(33)52-36/h2,4-7,10-16,19-21,23,26,32H,3,8-9,17-18,22,24-25H2,1H3,(H,42,47)(H,43,48)/t26-,32?/m1/s1. The number of carbonyl (C=O) groups excluding carboxylic acids is 3. The van der Waals surface area contributed by atoms with Crippen molar-refractivity contribution >= 4 is 50.4 Å². The summed E-state index contributed by atoms with van der Waals surface area (Å²) in [6, 6.07) is 22.9. The monoisotopic (exact) mass is 749 g/mol. The van der Waals surface area contributed by atoms with Gasteiger partial charge in [-0.05, 0) is 86.2 Å². The molecule has 2 aliphatic heterocycles. The number of benzene rings is 3. The summed E-state index contributed by atoms with van der Waals surface area (Å²) in [4.78, 5) is 49.3. The number of pyridine rings is 1. The first kappa shape index (κ1) is 34.9. The van der Waals surface area contributed by atoms with E-state index in [9.17, 15) is 22.8 Å². The number of hydrogen-bond donors (Lipinski definition) is 2. The van der Waals surface area contributed by atoms with Crippen LogP contribution in [0.4, 0.5) is 0 Å². The molecule has 53 heavy (non-hydrogen) atoms. The normalized spacial score (nSPS) is 18.1. The molecule has 1 aliphatic carbocycles. The Morgan fingerprint density at radius 1 is 0.943 bits per heavy atom. The van der Waals surface area contributed by atoms with Crippen molar-refractivity contribution in [1.29, 1.82) is 0 Å². The first-order chi connectivity index (χ1) is 25.6. The Morgan fingerprint density at radius 2 is 1.70 bits per heavy atom. The maximum Gasteiger partial charge on any atom is 0.268 e. The maximum atomic E-state index is 14.2. The predicted molar refractivity (Wildman–Crippen MR) is 200 cm³/mol. The number of para-hydroxylation sites is 1. The van der Waals surface area contributed by atoms with E-state index >= 15 is 0 Å². The molecule has 3 amide bonds. The minimum absolute atomic E-state index is 0.120. The fraction of sp³-hybridized carbons (Fsp3) is 0.300. The zero-order valence-electron chi connectivity index (χ0n) is 29.2. The van der Waals surface area contributed by atoms with Gasteiger partial charge >= 0.3 is 0 Å². The third-order valence-corrected chi connectivity index (χ3v) is 13.5. The van der Waals surface area contributed by atoms with E-state index in [0.29, 0.717) is 40.9 Å². The number of amides is 3. The lowest BCUT2D eigenvalue weighted by Crippen LogP contribution is -2.49. The average molecular weight is 750 g/mol. The Labute approximate surface area is 312 Å². The Kier molecular flexibility index (Phi) is 9.23. The van der Waals surface area contributed by atoms with Crippen molar-refractivity contribution in [3.05, 3.63) is 109 Å². The van der Waals surface area contributed by atoms with Crippen LogP contribution in [0, 0.1) is 5.41 Å². The first-order valence-corrected chi connectivity index (χ1v) is 20.1. The second-order valence-corrected chi connectivity index (χ2v) is 17.0. The van der Waals surface area contributed by atoms with Crippen LogP contribution in [-0.2, 0) is 19.6 Å². The van der Waals surface area contributed by atoms with Crippen molar-refractivity contribution in [3.63, 3.8) is 0 Å². The largest absolute Gasteiger partial charge is 0.455 e. The Balaban J connectivity index is 1.01. The molecule has 5 aromatic rings. The van der Waals surface area contributed by atoms with Crippen molar-refractivity contribution in [2.24, 2.45) is 5.41 Å². The van der Waals surface area contributed by atoms with Gasteiger partial charge in [0.1, 0.15) is 17.5 Å². The molecule has 0 bridgehead atoms. The van der Waals surface area contributed by atoms with E-state index in [1.54, 1.807) is 72.2 Å². The van der Waals surface area contributed by atoms with Gasteiger partial charge < -0.3 is 20.3 Å². The minimum Gasteiger partial charge on any atom is -0.455 e. The molecule has 2 atom stereocenters. The van der Waals surface area contributed by atoms with Crippen molar-refractivity contribution in [3.8, 4) is 11.5 Å². The van der Waals surface area contributed by atoms with Crippen LogP contribution in [0.1, 0.15) is 67.5 Å². The van der Waals surface area contributed by atoms with Gasteiger partial charge in [0.15, 0.2) is 0 Å². The third-order valence-electron chi connectivity index (χ3n) is 10.6. The Hall–Kier alpha value is -5.14. The summed E-state index contributed by atoms with van der Waals surface area (Å²) in [6.07, 6.45) is 8.62. The lowest BCUT2D eigenvalue weighted by molar-refractivity contribution is -0.138. The van der Waals surface area contributed by atoms with E-state index in [1.807, 2.05) is 30.3 Å². The molecule has 4 heterocycles. The molecule has 13 heteroatoms. The molecule has 3 aliphatic rings. The maximum absolute atomic E-state index is 14.2. The van der Waals surface area contributed by atoms with Gasteiger partial charge in [0.25, 0.3) is 15.9 Å². The number of hydrogen-bond acceptors (Lipinski definition) is 8. The van der Waals surface area contributed by atoms with Gasteiger partial charge in [0.05, 0.1) is 38.5 Å². The van der Waals surface area contributed by atoms with Crippen LogP contribution in [0.25, 0.3) is 10.9 Å². The zero-order chi connectivity index (χ0) is 36.7. The van der Waals surface area contributed by atoms with E-state index in [2.05, 4.69) is 15.6 Å². The van der Waals surface area contributed by atoms with Crippen LogP contribution in [0.2, 0.25) is 0 Å². The van der Waals surface area contributed by atoms with E-state index in [0.717, 1.165) is 47.6 Å². The summed E-state index contributed by atoms with van der Waals surface area (Å²) in [5.74, 6) is 0.162. The summed E-state index contributed by atoms with van der Waals surface area (Å²) >= 11 is 1.57. The summed E-state index contributed by atoms with van der Waals surface area (Å²) in [7, 11) is -4.03. The van der Waals surface area contributed by atoms with Crippen LogP contribution < -0.4 is 15.4 Å². The molecule has 0 radical (unpaired) electrons. The van der Waals surface area contributed by atoms with Gasteiger partial charge in [-0.25, -0.2) is 12.4 Å². The van der Waals surface area contributed by atoms with Gasteiger partial charge in [-0.15, -0.1) is 0 Å². The molecular weight excluding hydrogens is 711 g/mol. The summed E-state index contributed by atoms with van der Waals surface area (Å²) in [5, 5.41) is 6.45. The van der Waals surface area contributed by atoms with Gasteiger partial charge in [-0.1, -0.05) is 61.4 Å². The van der Waals surface area contributed by atoms with Crippen molar-refractivity contribution in [2.45, 2.75) is 72.2 Å². The number of carbonyl (C=O) groups is 3. The molecule has 2 aromatic heterocycles. The van der Waals surface area contributed by atoms with Gasteiger partial charge in [-0.2, -0.15) is 0 Å². The van der Waals surface area contributed by atoms with Crippen LogP contribution in [0.3, 0.4) is 0 Å². The number of ether oxygens (including phenoxy) is 1. The molecule has 1 unspecified atom stereocenters. The van der Waals surface area contributed by atoms with Gasteiger partial charge in [0, 0.05) is 29.9 Å². The fourth-order valence-corrected chi connectivity index (χ4v) is 10.5. The molecule has 11 nitrogen and oxygen atoms in total. The van der Waals surface area contributed by atoms with Crippen LogP contribution >= 0.6 is 11.8 Å². The average Bonchev–Trinajstić information content (AvgIpc) is 3.76. The smallest absolute Gasteiger partial charge is 0.268 e.